The van der Waals surface area contributed by atoms with Gasteiger partial charge in [0.15, 0.2) is 0 Å². The predicted molar refractivity (Wildman–Crippen MR) is 67.1 cm³/mol. The Kier molecular flexibility index (Phi) is 4.11. The molecule has 0 radical (unpaired) electrons. The quantitative estimate of drug-likeness (QED) is 0.625. The van der Waals surface area contributed by atoms with Crippen molar-refractivity contribution in [3.05, 3.63) is 41.3 Å². The van der Waals surface area contributed by atoms with Crippen LogP contribution in [0.15, 0.2) is 41.3 Å². The number of nitrogens with zero attached hydrogens (tertiary/aromatic N) is 1. The molecule has 0 saturated heterocycles. The van der Waals surface area contributed by atoms with Gasteiger partial charge >= 0.3 is 0 Å². The molecule has 86 valence electrons. The van der Waals surface area contributed by atoms with E-state index in [4.69, 9.17) is 10.5 Å². The standard InChI is InChI=1S/C13H18N2O/c1-5-12(10(4)9(2)3)16-11-6-7-15-13(14)8-11/h5-8H,1-4H3,(H2,14,15). The Morgan fingerprint density at radius 1 is 1.38 bits per heavy atom. The van der Waals surface area contributed by atoms with Crippen molar-refractivity contribution in [2.75, 3.05) is 5.73 Å². The van der Waals surface area contributed by atoms with Crippen molar-refractivity contribution in [1.29, 1.82) is 0 Å². The first-order valence-electron chi connectivity index (χ1n) is 5.24. The Balaban J connectivity index is 2.92. The molecule has 0 aliphatic rings. The van der Waals surface area contributed by atoms with Crippen molar-refractivity contribution >= 4 is 5.82 Å². The van der Waals surface area contributed by atoms with Crippen LogP contribution in [0, 0.1) is 0 Å². The highest BCUT2D eigenvalue weighted by atomic mass is 16.5. The highest BCUT2D eigenvalue weighted by Crippen LogP contribution is 2.21. The third kappa shape index (κ3) is 3.12. The summed E-state index contributed by atoms with van der Waals surface area (Å²) in [5.74, 6) is 2.02. The van der Waals surface area contributed by atoms with Crippen LogP contribution >= 0.6 is 0 Å². The van der Waals surface area contributed by atoms with Crippen LogP contribution in [0.3, 0.4) is 0 Å². The molecule has 0 saturated carbocycles. The lowest BCUT2D eigenvalue weighted by molar-refractivity contribution is 0.434. The normalized spacial score (nSPS) is 11.1. The molecule has 3 nitrogen and oxygen atoms in total. The zero-order valence-electron chi connectivity index (χ0n) is 10.2. The number of aromatic nitrogens is 1. The lowest BCUT2D eigenvalue weighted by atomic mass is 10.1. The van der Waals surface area contributed by atoms with E-state index in [9.17, 15) is 0 Å². The van der Waals surface area contributed by atoms with E-state index in [-0.39, 0.29) is 0 Å². The maximum Gasteiger partial charge on any atom is 0.132 e. The Morgan fingerprint density at radius 2 is 2.06 bits per heavy atom. The minimum absolute atomic E-state index is 0.461. The van der Waals surface area contributed by atoms with Gasteiger partial charge in [0.1, 0.15) is 17.3 Å². The molecule has 2 N–H and O–H groups in total. The summed E-state index contributed by atoms with van der Waals surface area (Å²) in [6.07, 6.45) is 3.58. The van der Waals surface area contributed by atoms with Gasteiger partial charge in [0, 0.05) is 12.3 Å². The topological polar surface area (TPSA) is 48.1 Å². The minimum Gasteiger partial charge on any atom is -0.457 e. The second kappa shape index (κ2) is 5.35. The van der Waals surface area contributed by atoms with Gasteiger partial charge in [0.05, 0.1) is 0 Å². The average molecular weight is 218 g/mol. The summed E-state index contributed by atoms with van der Waals surface area (Å²) in [5, 5.41) is 0. The first-order chi connectivity index (χ1) is 7.54. The molecule has 1 aromatic heterocycles. The first kappa shape index (κ1) is 12.3. The molecule has 0 amide bonds. The smallest absolute Gasteiger partial charge is 0.132 e. The zero-order valence-corrected chi connectivity index (χ0v) is 10.2. The van der Waals surface area contributed by atoms with Crippen molar-refractivity contribution in [2.24, 2.45) is 0 Å². The van der Waals surface area contributed by atoms with Crippen molar-refractivity contribution in [3.63, 3.8) is 0 Å². The van der Waals surface area contributed by atoms with Gasteiger partial charge in [-0.25, -0.2) is 4.98 Å². The number of rotatable bonds is 3. The maximum atomic E-state index is 5.75. The number of pyridine rings is 1. The van der Waals surface area contributed by atoms with Crippen LogP contribution in [0.5, 0.6) is 5.75 Å². The van der Waals surface area contributed by atoms with Crippen LogP contribution in [0.1, 0.15) is 27.7 Å². The fourth-order valence-electron chi connectivity index (χ4n) is 1.22. The summed E-state index contributed by atoms with van der Waals surface area (Å²) < 4.78 is 5.75. The number of ether oxygens (including phenoxy) is 1. The van der Waals surface area contributed by atoms with Crippen LogP contribution < -0.4 is 10.5 Å². The number of nitrogen functional groups attached to an aromatic ring is 1. The van der Waals surface area contributed by atoms with E-state index in [2.05, 4.69) is 18.8 Å². The summed E-state index contributed by atoms with van der Waals surface area (Å²) >= 11 is 0. The molecule has 3 heteroatoms. The van der Waals surface area contributed by atoms with Crippen molar-refractivity contribution in [3.8, 4) is 5.75 Å². The van der Waals surface area contributed by atoms with Gasteiger partial charge in [-0.2, -0.15) is 0 Å². The average Bonchev–Trinajstić information content (AvgIpc) is 2.25. The van der Waals surface area contributed by atoms with E-state index in [1.54, 1.807) is 18.3 Å². The lowest BCUT2D eigenvalue weighted by Crippen LogP contribution is -1.99. The van der Waals surface area contributed by atoms with Gasteiger partial charge in [-0.3, -0.25) is 0 Å². The largest absolute Gasteiger partial charge is 0.457 e. The molecular weight excluding hydrogens is 200 g/mol. The van der Waals surface area contributed by atoms with E-state index in [0.717, 1.165) is 11.3 Å². The summed E-state index contributed by atoms with van der Waals surface area (Å²) in [6.45, 7) is 8.10. The van der Waals surface area contributed by atoms with E-state index in [1.165, 1.54) is 5.57 Å². The van der Waals surface area contributed by atoms with E-state index in [0.29, 0.717) is 11.6 Å². The molecule has 0 atom stereocenters. The molecule has 0 unspecified atom stereocenters. The Morgan fingerprint density at radius 3 is 2.56 bits per heavy atom. The molecule has 1 heterocycles. The maximum absolute atomic E-state index is 5.75. The molecule has 16 heavy (non-hydrogen) atoms. The van der Waals surface area contributed by atoms with Crippen LogP contribution in [-0.4, -0.2) is 4.98 Å². The highest BCUT2D eigenvalue weighted by Gasteiger charge is 2.04. The van der Waals surface area contributed by atoms with Crippen LogP contribution in [0.2, 0.25) is 0 Å². The van der Waals surface area contributed by atoms with Gasteiger partial charge in [-0.05, 0) is 45.4 Å². The summed E-state index contributed by atoms with van der Waals surface area (Å²) in [6, 6.07) is 3.50. The molecule has 1 aromatic rings. The minimum atomic E-state index is 0.461. The third-order valence-corrected chi connectivity index (χ3v) is 2.36. The van der Waals surface area contributed by atoms with Gasteiger partial charge in [0.2, 0.25) is 0 Å². The Labute approximate surface area is 96.6 Å². The van der Waals surface area contributed by atoms with E-state index < -0.39 is 0 Å². The van der Waals surface area contributed by atoms with Gasteiger partial charge in [-0.1, -0.05) is 5.57 Å². The lowest BCUT2D eigenvalue weighted by Gasteiger charge is -2.11. The second-order valence-corrected chi connectivity index (χ2v) is 3.80. The fourth-order valence-corrected chi connectivity index (χ4v) is 1.22. The Hall–Kier alpha value is -1.77. The fraction of sp³-hybridized carbons (Fsp3) is 0.308. The zero-order chi connectivity index (χ0) is 12.1. The number of hydrogen-bond donors (Lipinski definition) is 1. The molecule has 0 aromatic carbocycles. The molecule has 0 aliphatic carbocycles. The predicted octanol–water partition coefficient (Wildman–Crippen LogP) is 3.30. The Bertz CT molecular complexity index is 429. The third-order valence-electron chi connectivity index (χ3n) is 2.36. The van der Waals surface area contributed by atoms with Crippen LogP contribution in [-0.2, 0) is 0 Å². The molecule has 0 fully saturated rings. The van der Waals surface area contributed by atoms with Gasteiger partial charge in [0.25, 0.3) is 0 Å². The molecule has 0 aliphatic heterocycles. The second-order valence-electron chi connectivity index (χ2n) is 3.80. The van der Waals surface area contributed by atoms with Crippen LogP contribution in [0.4, 0.5) is 5.82 Å². The number of hydrogen-bond acceptors (Lipinski definition) is 3. The van der Waals surface area contributed by atoms with Crippen molar-refractivity contribution in [1.82, 2.24) is 4.98 Å². The van der Waals surface area contributed by atoms with Crippen molar-refractivity contribution in [2.45, 2.75) is 27.7 Å². The molecule has 0 spiro atoms. The molecule has 1 rings (SSSR count). The van der Waals surface area contributed by atoms with E-state index >= 15 is 0 Å². The summed E-state index contributed by atoms with van der Waals surface area (Å²) in [4.78, 5) is 3.92. The summed E-state index contributed by atoms with van der Waals surface area (Å²) in [5.41, 5.74) is 7.96. The number of anilines is 1. The van der Waals surface area contributed by atoms with Crippen molar-refractivity contribution < 1.29 is 4.74 Å². The molecule has 0 bridgehead atoms. The highest BCUT2D eigenvalue weighted by molar-refractivity contribution is 5.39. The van der Waals surface area contributed by atoms with E-state index in [1.807, 2.05) is 19.9 Å². The van der Waals surface area contributed by atoms with Gasteiger partial charge < -0.3 is 10.5 Å². The number of allylic oxidation sites excluding steroid dienone is 3. The van der Waals surface area contributed by atoms with Gasteiger partial charge in [-0.15, -0.1) is 0 Å². The summed E-state index contributed by atoms with van der Waals surface area (Å²) in [7, 11) is 0. The van der Waals surface area contributed by atoms with Crippen LogP contribution in [0.25, 0.3) is 0 Å². The molecular formula is C13H18N2O. The monoisotopic (exact) mass is 218 g/mol. The number of nitrogens with two attached hydrogens (primary N) is 1. The SMILES string of the molecule is CC=C(Oc1ccnc(N)c1)C(C)=C(C)C. The first-order valence-corrected chi connectivity index (χ1v) is 5.24.